The van der Waals surface area contributed by atoms with Crippen LogP contribution in [0.4, 0.5) is 10.5 Å². The second-order valence-corrected chi connectivity index (χ2v) is 5.68. The number of hydrogen-bond acceptors (Lipinski definition) is 6. The van der Waals surface area contributed by atoms with Crippen LogP contribution in [0.2, 0.25) is 0 Å². The summed E-state index contributed by atoms with van der Waals surface area (Å²) in [5, 5.41) is 12.5. The number of amides is 1. The molecule has 0 heterocycles. The van der Waals surface area contributed by atoms with E-state index in [0.717, 1.165) is 0 Å². The van der Waals surface area contributed by atoms with Gasteiger partial charge in [-0.1, -0.05) is 0 Å². The standard InChI is InChI=1S/C15H24N2O5/c1-15(2,3)22-14(19)17-10-6-9(11(18)8-16)7-12(20-4)13(10)21-5/h6-7,11,18H,8,16H2,1-5H3,(H,17,19)/t11-/m1/s1. The van der Waals surface area contributed by atoms with E-state index >= 15 is 0 Å². The van der Waals surface area contributed by atoms with Crippen molar-refractivity contribution < 1.29 is 24.1 Å². The summed E-state index contributed by atoms with van der Waals surface area (Å²) in [6, 6.07) is 3.18. The summed E-state index contributed by atoms with van der Waals surface area (Å²) < 4.78 is 15.7. The van der Waals surface area contributed by atoms with Gasteiger partial charge < -0.3 is 25.1 Å². The van der Waals surface area contributed by atoms with Crippen LogP contribution in [0.5, 0.6) is 11.5 Å². The van der Waals surface area contributed by atoms with Gasteiger partial charge in [0.1, 0.15) is 5.60 Å². The number of carbonyl (C=O) groups is 1. The van der Waals surface area contributed by atoms with Crippen molar-refractivity contribution in [1.29, 1.82) is 0 Å². The zero-order chi connectivity index (χ0) is 16.9. The van der Waals surface area contributed by atoms with Crippen molar-refractivity contribution in [2.24, 2.45) is 5.73 Å². The number of aliphatic hydroxyl groups is 1. The lowest BCUT2D eigenvalue weighted by atomic mass is 10.1. The fourth-order valence-corrected chi connectivity index (χ4v) is 1.82. The van der Waals surface area contributed by atoms with E-state index in [0.29, 0.717) is 22.7 Å². The molecule has 0 saturated carbocycles. The molecule has 0 radical (unpaired) electrons. The highest BCUT2D eigenvalue weighted by molar-refractivity contribution is 5.88. The molecule has 0 aromatic heterocycles. The lowest BCUT2D eigenvalue weighted by molar-refractivity contribution is 0.0635. The smallest absolute Gasteiger partial charge is 0.412 e. The summed E-state index contributed by atoms with van der Waals surface area (Å²) in [5.74, 6) is 0.708. The largest absolute Gasteiger partial charge is 0.493 e. The predicted molar refractivity (Wildman–Crippen MR) is 83.4 cm³/mol. The molecule has 124 valence electrons. The summed E-state index contributed by atoms with van der Waals surface area (Å²) >= 11 is 0. The van der Waals surface area contributed by atoms with Gasteiger partial charge in [0.05, 0.1) is 26.0 Å². The van der Waals surface area contributed by atoms with Crippen molar-refractivity contribution in [3.05, 3.63) is 17.7 Å². The molecule has 0 aliphatic heterocycles. The minimum Gasteiger partial charge on any atom is -0.493 e. The third kappa shape index (κ3) is 4.78. The number of methoxy groups -OCH3 is 2. The Morgan fingerprint density at radius 2 is 1.95 bits per heavy atom. The van der Waals surface area contributed by atoms with Gasteiger partial charge in [-0.3, -0.25) is 5.32 Å². The molecule has 7 heteroatoms. The quantitative estimate of drug-likeness (QED) is 0.769. The maximum absolute atomic E-state index is 11.9. The maximum atomic E-state index is 11.9. The molecule has 1 aromatic carbocycles. The van der Waals surface area contributed by atoms with Crippen molar-refractivity contribution in [3.8, 4) is 11.5 Å². The Kier molecular flexibility index (Phi) is 6.01. The van der Waals surface area contributed by atoms with Crippen LogP contribution in [0.25, 0.3) is 0 Å². The molecular weight excluding hydrogens is 288 g/mol. The summed E-state index contributed by atoms with van der Waals surface area (Å²) in [5.41, 5.74) is 5.68. The van der Waals surface area contributed by atoms with Crippen molar-refractivity contribution in [2.75, 3.05) is 26.1 Å². The van der Waals surface area contributed by atoms with Crippen LogP contribution >= 0.6 is 0 Å². The number of carbonyl (C=O) groups excluding carboxylic acids is 1. The van der Waals surface area contributed by atoms with Gasteiger partial charge in [-0.25, -0.2) is 4.79 Å². The second kappa shape index (κ2) is 7.33. The summed E-state index contributed by atoms with van der Waals surface area (Å²) in [4.78, 5) is 11.9. The summed E-state index contributed by atoms with van der Waals surface area (Å²) in [7, 11) is 2.92. The van der Waals surface area contributed by atoms with E-state index in [1.54, 1.807) is 32.9 Å². The molecule has 0 fully saturated rings. The number of nitrogens with one attached hydrogen (secondary N) is 1. The molecule has 22 heavy (non-hydrogen) atoms. The number of aliphatic hydroxyl groups excluding tert-OH is 1. The van der Waals surface area contributed by atoms with E-state index in [1.807, 2.05) is 0 Å². The highest BCUT2D eigenvalue weighted by Crippen LogP contribution is 2.38. The van der Waals surface area contributed by atoms with E-state index in [4.69, 9.17) is 19.9 Å². The first-order chi connectivity index (χ1) is 10.2. The second-order valence-electron chi connectivity index (χ2n) is 5.68. The van der Waals surface area contributed by atoms with Crippen LogP contribution in [0.1, 0.15) is 32.4 Å². The lowest BCUT2D eigenvalue weighted by Gasteiger charge is -2.21. The zero-order valence-corrected chi connectivity index (χ0v) is 13.6. The fraction of sp³-hybridized carbons (Fsp3) is 0.533. The molecule has 0 unspecified atom stereocenters. The molecule has 0 saturated heterocycles. The normalized spacial score (nSPS) is 12.5. The molecule has 0 bridgehead atoms. The van der Waals surface area contributed by atoms with E-state index < -0.39 is 17.8 Å². The first kappa shape index (κ1) is 18.1. The topological polar surface area (TPSA) is 103 Å². The number of anilines is 1. The Labute approximate surface area is 130 Å². The van der Waals surface area contributed by atoms with Gasteiger partial charge in [-0.2, -0.15) is 0 Å². The van der Waals surface area contributed by atoms with Gasteiger partial charge in [0.25, 0.3) is 0 Å². The Hall–Kier alpha value is -1.99. The molecule has 4 N–H and O–H groups in total. The van der Waals surface area contributed by atoms with Crippen molar-refractivity contribution in [1.82, 2.24) is 0 Å². The molecule has 7 nitrogen and oxygen atoms in total. The van der Waals surface area contributed by atoms with Gasteiger partial charge in [0, 0.05) is 6.54 Å². The highest BCUT2D eigenvalue weighted by atomic mass is 16.6. The molecule has 0 aliphatic rings. The van der Waals surface area contributed by atoms with Gasteiger partial charge in [0.2, 0.25) is 0 Å². The van der Waals surface area contributed by atoms with Crippen LogP contribution in [0.15, 0.2) is 12.1 Å². The summed E-state index contributed by atoms with van der Waals surface area (Å²) in [6.07, 6.45) is -1.51. The van der Waals surface area contributed by atoms with E-state index in [1.165, 1.54) is 14.2 Å². The van der Waals surface area contributed by atoms with Crippen LogP contribution in [-0.4, -0.2) is 37.6 Å². The first-order valence-corrected chi connectivity index (χ1v) is 6.86. The van der Waals surface area contributed by atoms with Gasteiger partial charge in [-0.05, 0) is 38.5 Å². The monoisotopic (exact) mass is 312 g/mol. The van der Waals surface area contributed by atoms with Crippen molar-refractivity contribution >= 4 is 11.8 Å². The fourth-order valence-electron chi connectivity index (χ4n) is 1.82. The third-order valence-electron chi connectivity index (χ3n) is 2.74. The average Bonchev–Trinajstić information content (AvgIpc) is 2.43. The SMILES string of the molecule is COc1cc([C@H](O)CN)cc(NC(=O)OC(C)(C)C)c1OC. The minimum absolute atomic E-state index is 0.0430. The van der Waals surface area contributed by atoms with Gasteiger partial charge in [0.15, 0.2) is 11.5 Å². The highest BCUT2D eigenvalue weighted by Gasteiger charge is 2.21. The van der Waals surface area contributed by atoms with Crippen LogP contribution < -0.4 is 20.5 Å². The molecular formula is C15H24N2O5. The van der Waals surface area contributed by atoms with Crippen molar-refractivity contribution in [2.45, 2.75) is 32.5 Å². The zero-order valence-electron chi connectivity index (χ0n) is 13.6. The third-order valence-corrected chi connectivity index (χ3v) is 2.74. The van der Waals surface area contributed by atoms with Crippen LogP contribution in [0, 0.1) is 0 Å². The Balaban J connectivity index is 3.17. The predicted octanol–water partition coefficient (Wildman–Crippen LogP) is 2.04. The molecule has 1 aromatic rings. The first-order valence-electron chi connectivity index (χ1n) is 6.86. The number of ether oxygens (including phenoxy) is 3. The lowest BCUT2D eigenvalue weighted by Crippen LogP contribution is -2.27. The van der Waals surface area contributed by atoms with E-state index in [-0.39, 0.29) is 6.54 Å². The van der Waals surface area contributed by atoms with E-state index in [9.17, 15) is 9.90 Å². The number of hydrogen-bond donors (Lipinski definition) is 3. The van der Waals surface area contributed by atoms with Gasteiger partial charge in [-0.15, -0.1) is 0 Å². The number of benzene rings is 1. The number of nitrogens with two attached hydrogens (primary N) is 1. The van der Waals surface area contributed by atoms with E-state index in [2.05, 4.69) is 5.32 Å². The molecule has 0 aliphatic carbocycles. The molecule has 0 spiro atoms. The van der Waals surface area contributed by atoms with Gasteiger partial charge >= 0.3 is 6.09 Å². The molecule has 1 atom stereocenters. The van der Waals surface area contributed by atoms with Crippen molar-refractivity contribution in [3.63, 3.8) is 0 Å². The number of rotatable bonds is 5. The minimum atomic E-state index is -0.876. The molecule has 1 amide bonds. The van der Waals surface area contributed by atoms with Crippen LogP contribution in [0.3, 0.4) is 0 Å². The maximum Gasteiger partial charge on any atom is 0.412 e. The Morgan fingerprint density at radius 1 is 1.32 bits per heavy atom. The molecule has 1 rings (SSSR count). The van der Waals surface area contributed by atoms with Crippen LogP contribution in [-0.2, 0) is 4.74 Å². The average molecular weight is 312 g/mol. The Morgan fingerprint density at radius 3 is 2.41 bits per heavy atom. The Bertz CT molecular complexity index is 525. The summed E-state index contributed by atoms with van der Waals surface area (Å²) in [6.45, 7) is 5.33.